The summed E-state index contributed by atoms with van der Waals surface area (Å²) in [5.74, 6) is 0.0708. The molecule has 3 saturated carbocycles. The highest BCUT2D eigenvalue weighted by atomic mass is 35.5. The van der Waals surface area contributed by atoms with Crippen molar-refractivity contribution in [2.45, 2.75) is 25.7 Å². The van der Waals surface area contributed by atoms with Gasteiger partial charge < -0.3 is 0 Å². The third kappa shape index (κ3) is 1.39. The molecule has 0 spiro atoms. The molecule has 3 aliphatic rings. The molecule has 0 radical (unpaired) electrons. The average Bonchev–Trinajstić information content (AvgIpc) is 2.14. The van der Waals surface area contributed by atoms with Gasteiger partial charge in [0.15, 0.2) is 0 Å². The van der Waals surface area contributed by atoms with Gasteiger partial charge in [-0.25, -0.2) is 8.78 Å². The molecular weight excluding hydrogens is 230 g/mol. The first-order chi connectivity index (χ1) is 7.56. The quantitative estimate of drug-likeness (QED) is 0.705. The Kier molecular flexibility index (Phi) is 2.10. The molecule has 4 rings (SSSR count). The van der Waals surface area contributed by atoms with E-state index in [1.165, 1.54) is 18.2 Å². The highest BCUT2D eigenvalue weighted by Gasteiger charge is 2.66. The topological polar surface area (TPSA) is 0 Å². The first-order valence-electron chi connectivity index (χ1n) is 5.57. The highest BCUT2D eigenvalue weighted by molar-refractivity contribution is 6.18. The fraction of sp³-hybridized carbons (Fsp3) is 0.538. The summed E-state index contributed by atoms with van der Waals surface area (Å²) in [4.78, 5) is 0. The van der Waals surface area contributed by atoms with E-state index in [1.807, 2.05) is 0 Å². The van der Waals surface area contributed by atoms with Gasteiger partial charge in [-0.1, -0.05) is 0 Å². The van der Waals surface area contributed by atoms with Crippen LogP contribution in [0.5, 0.6) is 0 Å². The third-order valence-corrected chi connectivity index (χ3v) is 4.67. The monoisotopic (exact) mass is 242 g/mol. The lowest BCUT2D eigenvalue weighted by atomic mass is 9.34. The van der Waals surface area contributed by atoms with Crippen molar-refractivity contribution in [1.82, 2.24) is 0 Å². The summed E-state index contributed by atoms with van der Waals surface area (Å²) in [5, 5.41) is 0. The zero-order valence-corrected chi connectivity index (χ0v) is 9.66. The van der Waals surface area contributed by atoms with Crippen LogP contribution in [0.1, 0.15) is 24.8 Å². The van der Waals surface area contributed by atoms with Gasteiger partial charge in [0.2, 0.25) is 0 Å². The Morgan fingerprint density at radius 3 is 2.44 bits per heavy atom. The van der Waals surface area contributed by atoms with Crippen LogP contribution in [-0.2, 0) is 6.42 Å². The molecule has 3 fully saturated rings. The molecule has 16 heavy (non-hydrogen) atoms. The first-order valence-corrected chi connectivity index (χ1v) is 6.10. The Morgan fingerprint density at radius 1 is 1.12 bits per heavy atom. The smallest absolute Gasteiger partial charge is 0.126 e. The molecule has 1 aromatic carbocycles. The van der Waals surface area contributed by atoms with E-state index in [2.05, 4.69) is 0 Å². The lowest BCUT2D eigenvalue weighted by Gasteiger charge is -2.71. The maximum atomic E-state index is 13.5. The number of hydrogen-bond acceptors (Lipinski definition) is 0. The van der Waals surface area contributed by atoms with Crippen LogP contribution in [0.4, 0.5) is 8.78 Å². The molecule has 0 atom stereocenters. The number of alkyl halides is 1. The van der Waals surface area contributed by atoms with Crippen LogP contribution in [0.3, 0.4) is 0 Å². The molecule has 86 valence electrons. The van der Waals surface area contributed by atoms with Gasteiger partial charge in [-0.2, -0.15) is 0 Å². The predicted molar refractivity (Wildman–Crippen MR) is 59.5 cm³/mol. The summed E-state index contributed by atoms with van der Waals surface area (Å²) in [6, 6.07) is 3.71. The van der Waals surface area contributed by atoms with Gasteiger partial charge >= 0.3 is 0 Å². The molecule has 0 N–H and O–H groups in total. The SMILES string of the molecule is Fc1ccc(F)c(CC23CC(CCl)(C2)C3)c1. The molecule has 2 bridgehead atoms. The Bertz CT molecular complexity index is 422. The maximum absolute atomic E-state index is 13.5. The second kappa shape index (κ2) is 3.19. The van der Waals surface area contributed by atoms with Crippen LogP contribution in [-0.4, -0.2) is 5.88 Å². The van der Waals surface area contributed by atoms with Gasteiger partial charge in [0.05, 0.1) is 0 Å². The minimum atomic E-state index is -0.352. The molecule has 0 heterocycles. The third-order valence-electron chi connectivity index (χ3n) is 4.11. The standard InChI is InChI=1S/C13H13ClF2/c14-8-13-5-12(6-13,7-13)4-9-3-10(15)1-2-11(9)16/h1-3H,4-8H2. The van der Waals surface area contributed by atoms with Crippen molar-refractivity contribution in [2.24, 2.45) is 10.8 Å². The predicted octanol–water partition coefficient (Wildman–Crippen LogP) is 3.92. The maximum Gasteiger partial charge on any atom is 0.126 e. The lowest BCUT2D eigenvalue weighted by Crippen LogP contribution is -2.63. The highest BCUT2D eigenvalue weighted by Crippen LogP contribution is 2.74. The summed E-state index contributed by atoms with van der Waals surface area (Å²) < 4.78 is 26.5. The van der Waals surface area contributed by atoms with Crippen molar-refractivity contribution >= 4 is 11.6 Å². The zero-order chi connectivity index (χ0) is 11.4. The van der Waals surface area contributed by atoms with Gasteiger partial charge in [-0.05, 0) is 60.3 Å². The van der Waals surface area contributed by atoms with E-state index in [0.717, 1.165) is 19.3 Å². The average molecular weight is 243 g/mol. The second-order valence-corrected chi connectivity index (χ2v) is 5.84. The summed E-state index contributed by atoms with van der Waals surface area (Å²) in [6.45, 7) is 0. The molecule has 0 nitrogen and oxygen atoms in total. The van der Waals surface area contributed by atoms with Gasteiger partial charge in [0.1, 0.15) is 11.6 Å². The van der Waals surface area contributed by atoms with E-state index in [-0.39, 0.29) is 17.0 Å². The van der Waals surface area contributed by atoms with E-state index in [9.17, 15) is 8.78 Å². The van der Waals surface area contributed by atoms with Gasteiger partial charge in [0, 0.05) is 5.88 Å². The Hall–Kier alpha value is -0.630. The van der Waals surface area contributed by atoms with Crippen LogP contribution in [0.2, 0.25) is 0 Å². The Balaban J connectivity index is 1.75. The largest absolute Gasteiger partial charge is 0.207 e. The van der Waals surface area contributed by atoms with E-state index in [1.54, 1.807) is 0 Å². The van der Waals surface area contributed by atoms with E-state index in [0.29, 0.717) is 23.3 Å². The van der Waals surface area contributed by atoms with Crippen LogP contribution in [0.25, 0.3) is 0 Å². The molecule has 3 heteroatoms. The molecule has 0 saturated heterocycles. The minimum Gasteiger partial charge on any atom is -0.207 e. The minimum absolute atomic E-state index is 0.226. The van der Waals surface area contributed by atoms with Crippen molar-refractivity contribution in [3.63, 3.8) is 0 Å². The molecule has 3 aliphatic carbocycles. The summed E-state index contributed by atoms with van der Waals surface area (Å²) in [5.41, 5.74) is 1.08. The van der Waals surface area contributed by atoms with E-state index in [4.69, 9.17) is 11.6 Å². The fourth-order valence-electron chi connectivity index (χ4n) is 3.64. The molecule has 1 aromatic rings. The Morgan fingerprint density at radius 2 is 1.81 bits per heavy atom. The molecule has 0 aromatic heterocycles. The van der Waals surface area contributed by atoms with E-state index < -0.39 is 0 Å². The van der Waals surface area contributed by atoms with Crippen molar-refractivity contribution < 1.29 is 8.78 Å². The summed E-state index contributed by atoms with van der Waals surface area (Å²) in [6.07, 6.45) is 3.91. The van der Waals surface area contributed by atoms with Gasteiger partial charge in [0.25, 0.3) is 0 Å². The molecule has 0 aliphatic heterocycles. The van der Waals surface area contributed by atoms with Crippen LogP contribution in [0, 0.1) is 22.5 Å². The normalized spacial score (nSPS) is 35.4. The lowest BCUT2D eigenvalue weighted by molar-refractivity contribution is -0.186. The molecule has 0 amide bonds. The van der Waals surface area contributed by atoms with Crippen molar-refractivity contribution in [2.75, 3.05) is 5.88 Å². The second-order valence-electron chi connectivity index (χ2n) is 5.58. The van der Waals surface area contributed by atoms with Crippen LogP contribution >= 0.6 is 11.6 Å². The fourth-order valence-corrected chi connectivity index (χ4v) is 3.93. The van der Waals surface area contributed by atoms with Crippen LogP contribution < -0.4 is 0 Å². The summed E-state index contributed by atoms with van der Waals surface area (Å²) in [7, 11) is 0. The number of halogens is 3. The number of hydrogen-bond donors (Lipinski definition) is 0. The van der Waals surface area contributed by atoms with Crippen molar-refractivity contribution in [1.29, 1.82) is 0 Å². The van der Waals surface area contributed by atoms with Crippen molar-refractivity contribution in [3.05, 3.63) is 35.4 Å². The van der Waals surface area contributed by atoms with Gasteiger partial charge in [-0.3, -0.25) is 0 Å². The number of rotatable bonds is 3. The van der Waals surface area contributed by atoms with Crippen LogP contribution in [0.15, 0.2) is 18.2 Å². The first kappa shape index (κ1) is 10.5. The Labute approximate surface area is 98.6 Å². The molecule has 0 unspecified atom stereocenters. The zero-order valence-electron chi connectivity index (χ0n) is 8.90. The summed E-state index contributed by atoms with van der Waals surface area (Å²) >= 11 is 5.87. The van der Waals surface area contributed by atoms with Gasteiger partial charge in [-0.15, -0.1) is 11.6 Å². The van der Waals surface area contributed by atoms with Crippen molar-refractivity contribution in [3.8, 4) is 0 Å². The molecular formula is C13H13ClF2. The van der Waals surface area contributed by atoms with E-state index >= 15 is 0 Å². The number of benzene rings is 1.